The number of hydrogen-bond acceptors (Lipinski definition) is 6. The van der Waals surface area contributed by atoms with E-state index in [1.54, 1.807) is 13.1 Å². The van der Waals surface area contributed by atoms with Crippen molar-refractivity contribution in [3.05, 3.63) is 59.3 Å². The van der Waals surface area contributed by atoms with Gasteiger partial charge in [0.15, 0.2) is 11.7 Å². The first-order valence-electron chi connectivity index (χ1n) is 11.7. The summed E-state index contributed by atoms with van der Waals surface area (Å²) in [7, 11) is 0. The first-order valence-corrected chi connectivity index (χ1v) is 12.1. The van der Waals surface area contributed by atoms with Crippen LogP contribution in [0.15, 0.2) is 47.0 Å². The molecule has 0 bridgehead atoms. The molecule has 0 saturated carbocycles. The summed E-state index contributed by atoms with van der Waals surface area (Å²) in [6, 6.07) is 9.76. The molecule has 0 atom stereocenters. The standard InChI is InChI=1S/C26H30ClFN4O4/c1-4-10-32(20-7-8-21(24(14-20)35-5-2)25-15-29-18(3)36-25)12-11-31(17-33)16-26(34)30-19-6-9-23(28)22(27)13-19/h6-9,13-15,17H,4-5,10-12,16H2,1-3H3,(H,30,34). The minimum atomic E-state index is -0.573. The molecule has 0 spiro atoms. The molecule has 2 aromatic carbocycles. The number of oxazole rings is 1. The Morgan fingerprint density at radius 3 is 2.64 bits per heavy atom. The quantitative estimate of drug-likeness (QED) is 0.316. The summed E-state index contributed by atoms with van der Waals surface area (Å²) in [5.41, 5.74) is 2.09. The van der Waals surface area contributed by atoms with Crippen LogP contribution in [-0.4, -0.2) is 55.0 Å². The van der Waals surface area contributed by atoms with Crippen molar-refractivity contribution in [2.45, 2.75) is 27.2 Å². The third-order valence-corrected chi connectivity index (χ3v) is 5.66. The van der Waals surface area contributed by atoms with E-state index in [0.717, 1.165) is 24.2 Å². The average Bonchev–Trinajstić information content (AvgIpc) is 3.29. The monoisotopic (exact) mass is 516 g/mol. The van der Waals surface area contributed by atoms with E-state index in [4.69, 9.17) is 20.8 Å². The number of halogens is 2. The molecule has 0 aliphatic carbocycles. The van der Waals surface area contributed by atoms with Crippen LogP contribution < -0.4 is 15.0 Å². The number of carbonyl (C=O) groups is 2. The first kappa shape index (κ1) is 27.0. The Bertz CT molecular complexity index is 1190. The van der Waals surface area contributed by atoms with Gasteiger partial charge in [-0.15, -0.1) is 0 Å². The highest BCUT2D eigenvalue weighted by molar-refractivity contribution is 6.31. The van der Waals surface area contributed by atoms with Gasteiger partial charge in [-0.1, -0.05) is 18.5 Å². The molecule has 0 radical (unpaired) electrons. The smallest absolute Gasteiger partial charge is 0.243 e. The van der Waals surface area contributed by atoms with Crippen LogP contribution in [0, 0.1) is 12.7 Å². The number of rotatable bonds is 13. The Hall–Kier alpha value is -3.59. The second-order valence-electron chi connectivity index (χ2n) is 8.10. The van der Waals surface area contributed by atoms with Gasteiger partial charge in [-0.05, 0) is 43.7 Å². The van der Waals surface area contributed by atoms with Crippen LogP contribution in [0.2, 0.25) is 5.02 Å². The predicted molar refractivity (Wildman–Crippen MR) is 138 cm³/mol. The molecule has 1 N–H and O–H groups in total. The van der Waals surface area contributed by atoms with Crippen LogP contribution in [0.4, 0.5) is 15.8 Å². The summed E-state index contributed by atoms with van der Waals surface area (Å²) in [4.78, 5) is 31.8. The van der Waals surface area contributed by atoms with E-state index >= 15 is 0 Å². The molecule has 192 valence electrons. The zero-order valence-corrected chi connectivity index (χ0v) is 21.3. The lowest BCUT2D eigenvalue weighted by atomic mass is 10.1. The fraction of sp³-hybridized carbons (Fsp3) is 0.346. The Labute approximate surface area is 215 Å². The fourth-order valence-electron chi connectivity index (χ4n) is 3.69. The minimum Gasteiger partial charge on any atom is -0.493 e. The second kappa shape index (κ2) is 12.9. The van der Waals surface area contributed by atoms with Crippen LogP contribution >= 0.6 is 11.6 Å². The molecule has 2 amide bonds. The molecule has 1 heterocycles. The predicted octanol–water partition coefficient (Wildman–Crippen LogP) is 5.15. The molecule has 10 heteroatoms. The highest BCUT2D eigenvalue weighted by Gasteiger charge is 2.16. The Kier molecular flexibility index (Phi) is 9.69. The van der Waals surface area contributed by atoms with E-state index in [1.165, 1.54) is 23.1 Å². The number of carbonyl (C=O) groups excluding carboxylic acids is 2. The molecular weight excluding hydrogens is 487 g/mol. The van der Waals surface area contributed by atoms with Crippen molar-refractivity contribution >= 4 is 35.3 Å². The molecular formula is C26H30ClFN4O4. The number of aromatic nitrogens is 1. The number of hydrogen-bond donors (Lipinski definition) is 1. The van der Waals surface area contributed by atoms with E-state index in [1.807, 2.05) is 25.1 Å². The summed E-state index contributed by atoms with van der Waals surface area (Å²) < 4.78 is 24.9. The molecule has 0 unspecified atom stereocenters. The van der Waals surface area contributed by atoms with Gasteiger partial charge in [0.1, 0.15) is 11.6 Å². The van der Waals surface area contributed by atoms with Crippen LogP contribution in [0.25, 0.3) is 11.3 Å². The zero-order valence-electron chi connectivity index (χ0n) is 20.6. The second-order valence-corrected chi connectivity index (χ2v) is 8.50. The topological polar surface area (TPSA) is 87.9 Å². The lowest BCUT2D eigenvalue weighted by Crippen LogP contribution is -2.39. The van der Waals surface area contributed by atoms with E-state index in [0.29, 0.717) is 49.2 Å². The van der Waals surface area contributed by atoms with Gasteiger partial charge in [0.05, 0.1) is 29.9 Å². The molecule has 0 saturated heterocycles. The van der Waals surface area contributed by atoms with Gasteiger partial charge in [0, 0.05) is 44.0 Å². The van der Waals surface area contributed by atoms with E-state index in [-0.39, 0.29) is 11.6 Å². The van der Waals surface area contributed by atoms with Crippen molar-refractivity contribution in [3.63, 3.8) is 0 Å². The Morgan fingerprint density at radius 2 is 2.00 bits per heavy atom. The van der Waals surface area contributed by atoms with Gasteiger partial charge in [0.2, 0.25) is 12.3 Å². The normalized spacial score (nSPS) is 10.7. The highest BCUT2D eigenvalue weighted by Crippen LogP contribution is 2.34. The van der Waals surface area contributed by atoms with Crippen molar-refractivity contribution in [3.8, 4) is 17.1 Å². The summed E-state index contributed by atoms with van der Waals surface area (Å²) in [6.45, 7) is 7.70. The number of amides is 2. The van der Waals surface area contributed by atoms with Gasteiger partial charge in [-0.25, -0.2) is 9.37 Å². The zero-order chi connectivity index (χ0) is 26.1. The van der Waals surface area contributed by atoms with Crippen LogP contribution in [0.3, 0.4) is 0 Å². The average molecular weight is 517 g/mol. The SMILES string of the molecule is CCCN(CCN(C=O)CC(=O)Nc1ccc(F)c(Cl)c1)c1ccc(-c2cnc(C)o2)c(OCC)c1. The Balaban J connectivity index is 1.68. The van der Waals surface area contributed by atoms with Gasteiger partial charge >= 0.3 is 0 Å². The number of aryl methyl sites for hydroxylation is 1. The van der Waals surface area contributed by atoms with Crippen LogP contribution in [0.1, 0.15) is 26.2 Å². The molecule has 1 aromatic heterocycles. The molecule has 3 rings (SSSR count). The number of anilines is 2. The molecule has 3 aromatic rings. The summed E-state index contributed by atoms with van der Waals surface area (Å²) >= 11 is 5.76. The summed E-state index contributed by atoms with van der Waals surface area (Å²) in [5, 5.41) is 2.54. The maximum absolute atomic E-state index is 13.3. The molecule has 0 aliphatic heterocycles. The largest absolute Gasteiger partial charge is 0.493 e. The maximum Gasteiger partial charge on any atom is 0.243 e. The molecule has 36 heavy (non-hydrogen) atoms. The van der Waals surface area contributed by atoms with Crippen molar-refractivity contribution in [2.24, 2.45) is 0 Å². The highest BCUT2D eigenvalue weighted by atomic mass is 35.5. The van der Waals surface area contributed by atoms with Crippen molar-refractivity contribution in [1.29, 1.82) is 0 Å². The minimum absolute atomic E-state index is 0.0915. The molecule has 0 aliphatic rings. The van der Waals surface area contributed by atoms with Gasteiger partial charge in [0.25, 0.3) is 0 Å². The van der Waals surface area contributed by atoms with Gasteiger partial charge < -0.3 is 24.3 Å². The fourth-order valence-corrected chi connectivity index (χ4v) is 3.87. The maximum atomic E-state index is 13.3. The number of ether oxygens (including phenoxy) is 1. The van der Waals surface area contributed by atoms with Crippen molar-refractivity contribution < 1.29 is 23.1 Å². The summed E-state index contributed by atoms with van der Waals surface area (Å²) in [6.07, 6.45) is 3.20. The van der Waals surface area contributed by atoms with Crippen LogP contribution in [0.5, 0.6) is 5.75 Å². The van der Waals surface area contributed by atoms with Gasteiger partial charge in [-0.2, -0.15) is 0 Å². The number of benzene rings is 2. The lowest BCUT2D eigenvalue weighted by Gasteiger charge is -2.28. The van der Waals surface area contributed by atoms with E-state index in [9.17, 15) is 14.0 Å². The van der Waals surface area contributed by atoms with Crippen LogP contribution in [-0.2, 0) is 9.59 Å². The third kappa shape index (κ3) is 7.21. The third-order valence-electron chi connectivity index (χ3n) is 5.37. The van der Waals surface area contributed by atoms with E-state index in [2.05, 4.69) is 22.1 Å². The lowest BCUT2D eigenvalue weighted by molar-refractivity contribution is -0.125. The summed E-state index contributed by atoms with van der Waals surface area (Å²) in [5.74, 6) is 0.903. The number of nitrogens with zero attached hydrogens (tertiary/aromatic N) is 3. The van der Waals surface area contributed by atoms with Gasteiger partial charge in [-0.3, -0.25) is 9.59 Å². The number of nitrogens with one attached hydrogen (secondary N) is 1. The van der Waals surface area contributed by atoms with Crippen molar-refractivity contribution in [2.75, 3.05) is 43.0 Å². The molecule has 0 fully saturated rings. The molecule has 8 nitrogen and oxygen atoms in total. The Morgan fingerprint density at radius 1 is 1.19 bits per heavy atom. The van der Waals surface area contributed by atoms with E-state index < -0.39 is 11.7 Å². The first-order chi connectivity index (χ1) is 17.3. The van der Waals surface area contributed by atoms with Crippen molar-refractivity contribution in [1.82, 2.24) is 9.88 Å².